The van der Waals surface area contributed by atoms with Gasteiger partial charge in [0.05, 0.1) is 38.6 Å². The Labute approximate surface area is 183 Å². The van der Waals surface area contributed by atoms with Gasteiger partial charge in [0.15, 0.2) is 17.6 Å². The van der Waals surface area contributed by atoms with E-state index in [0.29, 0.717) is 41.8 Å². The van der Waals surface area contributed by atoms with Crippen LogP contribution < -0.4 is 18.9 Å². The minimum Gasteiger partial charge on any atom is -0.497 e. The molecule has 7 heteroatoms. The van der Waals surface area contributed by atoms with E-state index < -0.39 is 12.1 Å². The van der Waals surface area contributed by atoms with Crippen LogP contribution in [0.25, 0.3) is 0 Å². The Bertz CT molecular complexity index is 891. The monoisotopic (exact) mass is 430 g/mol. The van der Waals surface area contributed by atoms with Crippen LogP contribution in [0, 0.1) is 0 Å². The van der Waals surface area contributed by atoms with Crippen LogP contribution in [0.15, 0.2) is 36.4 Å². The van der Waals surface area contributed by atoms with Crippen LogP contribution in [-0.2, 0) is 4.74 Å². The molecule has 0 aromatic heterocycles. The van der Waals surface area contributed by atoms with E-state index in [-0.39, 0.29) is 11.3 Å². The van der Waals surface area contributed by atoms with Gasteiger partial charge in [0, 0.05) is 6.07 Å². The average molecular weight is 430 g/mol. The second kappa shape index (κ2) is 11.8. The van der Waals surface area contributed by atoms with Gasteiger partial charge in [-0.3, -0.25) is 4.79 Å². The molecule has 2 rings (SSSR count). The molecule has 31 heavy (non-hydrogen) atoms. The van der Waals surface area contributed by atoms with Crippen molar-refractivity contribution in [3.63, 3.8) is 0 Å². The van der Waals surface area contributed by atoms with E-state index in [1.807, 2.05) is 6.92 Å². The van der Waals surface area contributed by atoms with Crippen molar-refractivity contribution in [1.82, 2.24) is 0 Å². The lowest BCUT2D eigenvalue weighted by molar-refractivity contribution is 0.0317. The van der Waals surface area contributed by atoms with E-state index in [2.05, 4.69) is 6.92 Å². The zero-order valence-electron chi connectivity index (χ0n) is 18.7. The first-order valence-electron chi connectivity index (χ1n) is 10.3. The number of benzene rings is 2. The first kappa shape index (κ1) is 24.1. The molecular formula is C24H30O7. The molecule has 0 bridgehead atoms. The molecule has 0 radical (unpaired) electrons. The molecule has 2 aromatic rings. The number of unbranched alkanes of at least 4 members (excludes halogenated alkanes) is 1. The fraction of sp³-hybridized carbons (Fsp3) is 0.417. The van der Waals surface area contributed by atoms with E-state index in [4.69, 9.17) is 23.7 Å². The molecule has 168 valence electrons. The largest absolute Gasteiger partial charge is 0.497 e. The van der Waals surface area contributed by atoms with Crippen LogP contribution in [0.5, 0.6) is 23.0 Å². The first-order valence-corrected chi connectivity index (χ1v) is 10.3. The lowest BCUT2D eigenvalue weighted by atomic mass is 10.1. The highest BCUT2D eigenvalue weighted by molar-refractivity contribution is 6.03. The summed E-state index contributed by atoms with van der Waals surface area (Å²) in [5.74, 6) is 0.928. The van der Waals surface area contributed by atoms with Gasteiger partial charge in [-0.2, -0.15) is 0 Å². The van der Waals surface area contributed by atoms with Crippen molar-refractivity contribution in [2.75, 3.05) is 27.4 Å². The molecule has 1 atom stereocenters. The molecule has 2 aromatic carbocycles. The maximum atomic E-state index is 12.8. The third-order valence-electron chi connectivity index (χ3n) is 4.56. The van der Waals surface area contributed by atoms with Crippen molar-refractivity contribution in [2.24, 2.45) is 0 Å². The predicted octanol–water partition coefficient (Wildman–Crippen LogP) is 4.71. The Balaban J connectivity index is 2.14. The molecule has 0 saturated heterocycles. The second-order valence-corrected chi connectivity index (χ2v) is 6.77. The quantitative estimate of drug-likeness (QED) is 0.274. The smallest absolute Gasteiger partial charge is 0.338 e. The zero-order valence-corrected chi connectivity index (χ0v) is 18.7. The molecule has 0 heterocycles. The van der Waals surface area contributed by atoms with Crippen molar-refractivity contribution in [2.45, 2.75) is 39.7 Å². The Kier molecular flexibility index (Phi) is 9.18. The minimum absolute atomic E-state index is 0.271. The van der Waals surface area contributed by atoms with Gasteiger partial charge in [0.2, 0.25) is 5.78 Å². The lowest BCUT2D eigenvalue weighted by Crippen LogP contribution is -2.25. The van der Waals surface area contributed by atoms with Crippen LogP contribution in [0.1, 0.15) is 54.3 Å². The Morgan fingerprint density at radius 3 is 2.32 bits per heavy atom. The van der Waals surface area contributed by atoms with Crippen molar-refractivity contribution in [1.29, 1.82) is 0 Å². The Hall–Kier alpha value is -3.22. The van der Waals surface area contributed by atoms with Crippen LogP contribution in [0.2, 0.25) is 0 Å². The summed E-state index contributed by atoms with van der Waals surface area (Å²) in [7, 11) is 2.99. The maximum Gasteiger partial charge on any atom is 0.338 e. The van der Waals surface area contributed by atoms with Crippen LogP contribution >= 0.6 is 0 Å². The fourth-order valence-corrected chi connectivity index (χ4v) is 2.85. The Morgan fingerprint density at radius 2 is 1.68 bits per heavy atom. The summed E-state index contributed by atoms with van der Waals surface area (Å²) in [6.07, 6.45) is 0.925. The van der Waals surface area contributed by atoms with Gasteiger partial charge in [-0.1, -0.05) is 13.3 Å². The third kappa shape index (κ3) is 6.38. The topological polar surface area (TPSA) is 80.3 Å². The number of esters is 1. The van der Waals surface area contributed by atoms with Gasteiger partial charge in [0.25, 0.3) is 0 Å². The summed E-state index contributed by atoms with van der Waals surface area (Å²) in [6.45, 7) is 6.44. The number of ether oxygens (including phenoxy) is 5. The van der Waals surface area contributed by atoms with Crippen molar-refractivity contribution in [3.8, 4) is 23.0 Å². The first-order chi connectivity index (χ1) is 14.9. The van der Waals surface area contributed by atoms with E-state index in [1.165, 1.54) is 21.1 Å². The van der Waals surface area contributed by atoms with Crippen LogP contribution in [0.4, 0.5) is 0 Å². The molecular weight excluding hydrogens is 400 g/mol. The third-order valence-corrected chi connectivity index (χ3v) is 4.56. The van der Waals surface area contributed by atoms with Gasteiger partial charge in [-0.15, -0.1) is 0 Å². The number of hydrogen-bond donors (Lipinski definition) is 0. The fourth-order valence-electron chi connectivity index (χ4n) is 2.85. The summed E-state index contributed by atoms with van der Waals surface area (Å²) in [5, 5.41) is 0. The normalized spacial score (nSPS) is 11.4. The number of hydrogen-bond acceptors (Lipinski definition) is 7. The van der Waals surface area contributed by atoms with Crippen molar-refractivity contribution in [3.05, 3.63) is 47.5 Å². The summed E-state index contributed by atoms with van der Waals surface area (Å²) in [5.41, 5.74) is 0.575. The number of carbonyl (C=O) groups excluding carboxylic acids is 2. The molecule has 0 aliphatic carbocycles. The highest BCUT2D eigenvalue weighted by Gasteiger charge is 2.24. The van der Waals surface area contributed by atoms with E-state index in [0.717, 1.165) is 12.8 Å². The van der Waals surface area contributed by atoms with Gasteiger partial charge >= 0.3 is 5.97 Å². The number of Topliss-reactive ketones (excluding diaryl/α,β-unsaturated/α-hetero) is 1. The molecule has 0 aliphatic rings. The highest BCUT2D eigenvalue weighted by Crippen LogP contribution is 2.30. The highest BCUT2D eigenvalue weighted by atomic mass is 16.5. The molecule has 0 N–H and O–H groups in total. The minimum atomic E-state index is -1.01. The van der Waals surface area contributed by atoms with E-state index in [1.54, 1.807) is 36.4 Å². The molecule has 0 fully saturated rings. The van der Waals surface area contributed by atoms with Crippen LogP contribution in [-0.4, -0.2) is 45.3 Å². The number of carbonyl (C=O) groups is 2. The van der Waals surface area contributed by atoms with Gasteiger partial charge in [-0.25, -0.2) is 4.79 Å². The molecule has 0 unspecified atom stereocenters. The van der Waals surface area contributed by atoms with Gasteiger partial charge < -0.3 is 23.7 Å². The van der Waals surface area contributed by atoms with Gasteiger partial charge in [-0.05, 0) is 50.6 Å². The molecule has 0 aliphatic heterocycles. The molecule has 7 nitrogen and oxygen atoms in total. The SMILES string of the molecule is CCCCOc1ccc(C(=O)O[C@H](C)C(=O)c2ccc(OC)cc2OC)cc1OCC. The predicted molar refractivity (Wildman–Crippen MR) is 117 cm³/mol. The van der Waals surface area contributed by atoms with Crippen molar-refractivity contribution >= 4 is 11.8 Å². The summed E-state index contributed by atoms with van der Waals surface area (Å²) < 4.78 is 27.2. The maximum absolute atomic E-state index is 12.8. The molecule has 0 amide bonds. The summed E-state index contributed by atoms with van der Waals surface area (Å²) >= 11 is 0. The van der Waals surface area contributed by atoms with Crippen molar-refractivity contribution < 1.29 is 33.3 Å². The number of rotatable bonds is 12. The second-order valence-electron chi connectivity index (χ2n) is 6.77. The molecule has 0 saturated carbocycles. The standard InChI is InChI=1S/C24H30O7/c1-6-8-13-30-20-12-9-17(14-22(20)29-7-2)24(26)31-16(3)23(25)19-11-10-18(27-4)15-21(19)28-5/h9-12,14-16H,6-8,13H2,1-5H3/t16-/m1/s1. The van der Waals surface area contributed by atoms with Crippen LogP contribution in [0.3, 0.4) is 0 Å². The van der Waals surface area contributed by atoms with Gasteiger partial charge in [0.1, 0.15) is 11.5 Å². The number of methoxy groups -OCH3 is 2. The lowest BCUT2D eigenvalue weighted by Gasteiger charge is -2.16. The van der Waals surface area contributed by atoms with E-state index in [9.17, 15) is 9.59 Å². The summed E-state index contributed by atoms with van der Waals surface area (Å²) in [4.78, 5) is 25.5. The Morgan fingerprint density at radius 1 is 0.903 bits per heavy atom. The summed E-state index contributed by atoms with van der Waals surface area (Å²) in [6, 6.07) is 9.68. The number of ketones is 1. The zero-order chi connectivity index (χ0) is 22.8. The average Bonchev–Trinajstić information content (AvgIpc) is 2.79. The van der Waals surface area contributed by atoms with E-state index >= 15 is 0 Å². The molecule has 0 spiro atoms.